The van der Waals surface area contributed by atoms with Crippen LogP contribution in [0.3, 0.4) is 0 Å². The Morgan fingerprint density at radius 3 is 2.30 bits per heavy atom. The Bertz CT molecular complexity index is 267. The first-order valence-electron chi connectivity index (χ1n) is 8.01. The minimum Gasteiger partial charge on any atom is -0.380 e. The van der Waals surface area contributed by atoms with Gasteiger partial charge in [-0.05, 0) is 30.1 Å². The molecule has 3 heteroatoms. The molecule has 0 saturated heterocycles. The van der Waals surface area contributed by atoms with Crippen molar-refractivity contribution >= 4 is 5.91 Å². The van der Waals surface area contributed by atoms with Gasteiger partial charge in [0.2, 0.25) is 5.91 Å². The third-order valence-corrected chi connectivity index (χ3v) is 3.60. The van der Waals surface area contributed by atoms with Crippen LogP contribution in [-0.4, -0.2) is 25.7 Å². The molecule has 0 saturated carbocycles. The number of carbonyl (C=O) groups is 1. The fourth-order valence-electron chi connectivity index (χ4n) is 1.71. The number of hydrogen-bond donors (Lipinski definition) is 1. The molecular formula is C17H35NO2. The molecule has 20 heavy (non-hydrogen) atoms. The van der Waals surface area contributed by atoms with Gasteiger partial charge in [-0.25, -0.2) is 0 Å². The van der Waals surface area contributed by atoms with Crippen molar-refractivity contribution in [3.8, 4) is 0 Å². The predicted molar refractivity (Wildman–Crippen MR) is 85.8 cm³/mol. The van der Waals surface area contributed by atoms with Crippen molar-refractivity contribution in [3.63, 3.8) is 0 Å². The summed E-state index contributed by atoms with van der Waals surface area (Å²) in [5.74, 6) is 0.107. The minimum atomic E-state index is 0.107. The molecule has 0 aliphatic heterocycles. The highest BCUT2D eigenvalue weighted by Gasteiger charge is 2.15. The van der Waals surface area contributed by atoms with E-state index in [1.807, 2.05) is 0 Å². The Labute approximate surface area is 125 Å². The third-order valence-electron chi connectivity index (χ3n) is 3.60. The normalized spacial score (nSPS) is 12.5. The number of amides is 1. The lowest BCUT2D eigenvalue weighted by atomic mass is 9.90. The van der Waals surface area contributed by atoms with Crippen LogP contribution in [0.1, 0.15) is 73.6 Å². The van der Waals surface area contributed by atoms with Crippen LogP contribution in [0.15, 0.2) is 0 Å². The first-order chi connectivity index (χ1) is 9.16. The molecule has 1 amide bonds. The molecule has 0 aliphatic carbocycles. The van der Waals surface area contributed by atoms with Crippen LogP contribution in [0.2, 0.25) is 0 Å². The highest BCUT2D eigenvalue weighted by molar-refractivity contribution is 5.75. The van der Waals surface area contributed by atoms with E-state index in [-0.39, 0.29) is 11.3 Å². The van der Waals surface area contributed by atoms with Crippen molar-refractivity contribution in [2.24, 2.45) is 10.8 Å². The van der Waals surface area contributed by atoms with Gasteiger partial charge in [0, 0.05) is 13.0 Å². The molecule has 0 aliphatic rings. The maximum absolute atomic E-state index is 11.6. The van der Waals surface area contributed by atoms with E-state index in [9.17, 15) is 4.79 Å². The SMILES string of the molecule is CCC(C)(C)COCCC(=O)NCCCCC(C)(C)C. The minimum absolute atomic E-state index is 0.107. The smallest absolute Gasteiger partial charge is 0.222 e. The third kappa shape index (κ3) is 12.5. The molecule has 0 spiro atoms. The number of carbonyl (C=O) groups excluding carboxylic acids is 1. The van der Waals surface area contributed by atoms with Crippen LogP contribution in [0, 0.1) is 10.8 Å². The number of hydrogen-bond acceptors (Lipinski definition) is 2. The fraction of sp³-hybridized carbons (Fsp3) is 0.941. The molecule has 0 radical (unpaired) electrons. The van der Waals surface area contributed by atoms with Crippen molar-refractivity contribution in [2.75, 3.05) is 19.8 Å². The highest BCUT2D eigenvalue weighted by Crippen LogP contribution is 2.21. The Morgan fingerprint density at radius 1 is 1.10 bits per heavy atom. The average Bonchev–Trinajstić information content (AvgIpc) is 2.33. The molecule has 0 atom stereocenters. The van der Waals surface area contributed by atoms with E-state index in [2.05, 4.69) is 46.9 Å². The largest absolute Gasteiger partial charge is 0.380 e. The van der Waals surface area contributed by atoms with Gasteiger partial charge in [0.1, 0.15) is 0 Å². The van der Waals surface area contributed by atoms with E-state index >= 15 is 0 Å². The maximum atomic E-state index is 11.6. The Hall–Kier alpha value is -0.570. The molecule has 120 valence electrons. The Morgan fingerprint density at radius 2 is 1.75 bits per heavy atom. The van der Waals surface area contributed by atoms with Crippen molar-refractivity contribution in [1.29, 1.82) is 0 Å². The summed E-state index contributed by atoms with van der Waals surface area (Å²) in [6, 6.07) is 0. The van der Waals surface area contributed by atoms with Crippen LogP contribution in [0.5, 0.6) is 0 Å². The summed E-state index contributed by atoms with van der Waals surface area (Å²) < 4.78 is 5.57. The van der Waals surface area contributed by atoms with Crippen LogP contribution < -0.4 is 5.32 Å². The fourth-order valence-corrected chi connectivity index (χ4v) is 1.71. The van der Waals surface area contributed by atoms with Gasteiger partial charge in [-0.1, -0.05) is 48.0 Å². The number of rotatable bonds is 10. The van der Waals surface area contributed by atoms with Gasteiger partial charge in [-0.15, -0.1) is 0 Å². The summed E-state index contributed by atoms with van der Waals surface area (Å²) in [6.45, 7) is 15.3. The molecule has 3 nitrogen and oxygen atoms in total. The molecule has 0 bridgehead atoms. The lowest BCUT2D eigenvalue weighted by Crippen LogP contribution is -2.26. The molecule has 0 rings (SSSR count). The molecule has 0 aromatic rings. The zero-order valence-electron chi connectivity index (χ0n) is 14.5. The predicted octanol–water partition coefficient (Wildman–Crippen LogP) is 4.16. The van der Waals surface area contributed by atoms with Crippen LogP contribution in [0.4, 0.5) is 0 Å². The second kappa shape index (κ2) is 9.38. The quantitative estimate of drug-likeness (QED) is 0.612. The number of ether oxygens (including phenoxy) is 1. The van der Waals surface area contributed by atoms with E-state index in [1.165, 1.54) is 12.8 Å². The second-order valence-corrected chi connectivity index (χ2v) is 7.69. The van der Waals surface area contributed by atoms with Crippen LogP contribution >= 0.6 is 0 Å². The van der Waals surface area contributed by atoms with E-state index in [4.69, 9.17) is 4.74 Å². The summed E-state index contributed by atoms with van der Waals surface area (Å²) in [6.07, 6.45) is 5.00. The summed E-state index contributed by atoms with van der Waals surface area (Å²) in [7, 11) is 0. The van der Waals surface area contributed by atoms with E-state index in [0.717, 1.165) is 26.0 Å². The molecule has 0 fully saturated rings. The van der Waals surface area contributed by atoms with Crippen LogP contribution in [0.25, 0.3) is 0 Å². The Kier molecular flexibility index (Phi) is 9.11. The van der Waals surface area contributed by atoms with E-state index < -0.39 is 0 Å². The zero-order valence-corrected chi connectivity index (χ0v) is 14.5. The molecule has 0 aromatic heterocycles. The lowest BCUT2D eigenvalue weighted by Gasteiger charge is -2.22. The number of nitrogens with one attached hydrogen (secondary N) is 1. The van der Waals surface area contributed by atoms with Crippen molar-refractivity contribution in [2.45, 2.75) is 73.6 Å². The lowest BCUT2D eigenvalue weighted by molar-refractivity contribution is -0.122. The van der Waals surface area contributed by atoms with Gasteiger partial charge in [0.25, 0.3) is 0 Å². The van der Waals surface area contributed by atoms with Crippen LogP contribution in [-0.2, 0) is 9.53 Å². The average molecular weight is 285 g/mol. The van der Waals surface area contributed by atoms with Gasteiger partial charge in [-0.2, -0.15) is 0 Å². The molecular weight excluding hydrogens is 250 g/mol. The van der Waals surface area contributed by atoms with Gasteiger partial charge in [-0.3, -0.25) is 4.79 Å². The first-order valence-corrected chi connectivity index (χ1v) is 8.01. The highest BCUT2D eigenvalue weighted by atomic mass is 16.5. The summed E-state index contributed by atoms with van der Waals surface area (Å²) >= 11 is 0. The van der Waals surface area contributed by atoms with E-state index in [1.54, 1.807) is 0 Å². The van der Waals surface area contributed by atoms with Gasteiger partial charge in [0.15, 0.2) is 0 Å². The van der Waals surface area contributed by atoms with Gasteiger partial charge >= 0.3 is 0 Å². The Balaban J connectivity index is 3.47. The van der Waals surface area contributed by atoms with Crippen molar-refractivity contribution in [3.05, 3.63) is 0 Å². The van der Waals surface area contributed by atoms with Crippen molar-refractivity contribution < 1.29 is 9.53 Å². The van der Waals surface area contributed by atoms with Gasteiger partial charge < -0.3 is 10.1 Å². The van der Waals surface area contributed by atoms with Crippen molar-refractivity contribution in [1.82, 2.24) is 5.32 Å². The zero-order chi connectivity index (χ0) is 15.6. The van der Waals surface area contributed by atoms with Gasteiger partial charge in [0.05, 0.1) is 13.2 Å². The molecule has 0 unspecified atom stereocenters. The topological polar surface area (TPSA) is 38.3 Å². The first kappa shape index (κ1) is 19.4. The summed E-state index contributed by atoms with van der Waals surface area (Å²) in [5.41, 5.74) is 0.605. The summed E-state index contributed by atoms with van der Waals surface area (Å²) in [5, 5.41) is 2.96. The maximum Gasteiger partial charge on any atom is 0.222 e. The van der Waals surface area contributed by atoms with E-state index in [0.29, 0.717) is 18.4 Å². The standard InChI is InChI=1S/C17H35NO2/c1-7-17(5,6)14-20-13-10-15(19)18-12-9-8-11-16(2,3)4/h7-14H2,1-6H3,(H,18,19). The molecule has 0 heterocycles. The molecule has 0 aromatic carbocycles. The summed E-state index contributed by atoms with van der Waals surface area (Å²) in [4.78, 5) is 11.6. The second-order valence-electron chi connectivity index (χ2n) is 7.69. The molecule has 1 N–H and O–H groups in total. The number of unbranched alkanes of at least 4 members (excludes halogenated alkanes) is 1. The monoisotopic (exact) mass is 285 g/mol.